The number of pyridine rings is 1. The molecule has 84 valence electrons. The zero-order valence-corrected chi connectivity index (χ0v) is 8.81. The third-order valence-electron chi connectivity index (χ3n) is 2.56. The minimum absolute atomic E-state index is 0.268. The fourth-order valence-electron chi connectivity index (χ4n) is 1.75. The highest BCUT2D eigenvalue weighted by molar-refractivity contribution is 5.92. The molecule has 0 unspecified atom stereocenters. The Bertz CT molecular complexity index is 673. The number of nitrogens with zero attached hydrogens (tertiary/aromatic N) is 2. The lowest BCUT2D eigenvalue weighted by molar-refractivity contribution is 0.628. The summed E-state index contributed by atoms with van der Waals surface area (Å²) < 4.78 is 12.8. The third kappa shape index (κ3) is 1.61. The molecule has 2 aromatic heterocycles. The number of benzene rings is 1. The van der Waals surface area contributed by atoms with E-state index in [4.69, 9.17) is 5.73 Å². The second kappa shape index (κ2) is 3.55. The van der Waals surface area contributed by atoms with Crippen LogP contribution in [0.1, 0.15) is 0 Å². The van der Waals surface area contributed by atoms with Crippen LogP contribution in [0.4, 0.5) is 10.1 Å². The Morgan fingerprint density at radius 3 is 2.71 bits per heavy atom. The molecule has 3 aromatic rings. The molecular weight excluding hydrogens is 219 g/mol. The van der Waals surface area contributed by atoms with E-state index < -0.39 is 0 Å². The van der Waals surface area contributed by atoms with Crippen LogP contribution in [0.25, 0.3) is 22.3 Å². The van der Waals surface area contributed by atoms with Crippen LogP contribution < -0.4 is 5.73 Å². The number of anilines is 1. The number of aromatic amines is 1. The third-order valence-corrected chi connectivity index (χ3v) is 2.56. The van der Waals surface area contributed by atoms with Crippen molar-refractivity contribution in [1.29, 1.82) is 0 Å². The molecule has 3 N–H and O–H groups in total. The van der Waals surface area contributed by atoms with Gasteiger partial charge < -0.3 is 5.73 Å². The van der Waals surface area contributed by atoms with Gasteiger partial charge in [-0.05, 0) is 30.3 Å². The van der Waals surface area contributed by atoms with Gasteiger partial charge >= 0.3 is 0 Å². The van der Waals surface area contributed by atoms with Crippen molar-refractivity contribution >= 4 is 16.7 Å². The molecule has 0 spiro atoms. The molecule has 0 saturated heterocycles. The van der Waals surface area contributed by atoms with Crippen molar-refractivity contribution in [3.8, 4) is 11.3 Å². The van der Waals surface area contributed by atoms with Crippen LogP contribution in [-0.2, 0) is 0 Å². The van der Waals surface area contributed by atoms with Crippen molar-refractivity contribution in [3.63, 3.8) is 0 Å². The first-order valence-electron chi connectivity index (χ1n) is 5.09. The van der Waals surface area contributed by atoms with Gasteiger partial charge in [0, 0.05) is 10.9 Å². The van der Waals surface area contributed by atoms with E-state index in [1.165, 1.54) is 12.1 Å². The summed E-state index contributed by atoms with van der Waals surface area (Å²) in [6.45, 7) is 0. The lowest BCUT2D eigenvalue weighted by atomic mass is 10.1. The molecule has 0 radical (unpaired) electrons. The maximum Gasteiger partial charge on any atom is 0.181 e. The topological polar surface area (TPSA) is 67.6 Å². The SMILES string of the molecule is Nc1cnc2n[nH]c(-c3ccc(F)cc3)c2c1. The molecule has 17 heavy (non-hydrogen) atoms. The number of nitrogens with two attached hydrogens (primary N) is 1. The summed E-state index contributed by atoms with van der Waals surface area (Å²) in [5.41, 5.74) is 8.50. The minimum atomic E-state index is -0.268. The maximum atomic E-state index is 12.8. The van der Waals surface area contributed by atoms with Gasteiger partial charge in [-0.1, -0.05) is 0 Å². The molecule has 0 saturated carbocycles. The zero-order chi connectivity index (χ0) is 11.8. The fourth-order valence-corrected chi connectivity index (χ4v) is 1.75. The van der Waals surface area contributed by atoms with Gasteiger partial charge in [-0.25, -0.2) is 9.37 Å². The van der Waals surface area contributed by atoms with E-state index in [0.29, 0.717) is 11.3 Å². The van der Waals surface area contributed by atoms with Gasteiger partial charge in [-0.3, -0.25) is 5.10 Å². The van der Waals surface area contributed by atoms with Crippen LogP contribution in [0.15, 0.2) is 36.5 Å². The van der Waals surface area contributed by atoms with Gasteiger partial charge in [-0.2, -0.15) is 5.10 Å². The highest BCUT2D eigenvalue weighted by Crippen LogP contribution is 2.26. The number of halogens is 1. The smallest absolute Gasteiger partial charge is 0.181 e. The van der Waals surface area contributed by atoms with Gasteiger partial charge in [0.2, 0.25) is 0 Å². The molecule has 3 rings (SSSR count). The van der Waals surface area contributed by atoms with Gasteiger partial charge in [0.05, 0.1) is 17.6 Å². The van der Waals surface area contributed by atoms with Crippen LogP contribution in [0.2, 0.25) is 0 Å². The zero-order valence-electron chi connectivity index (χ0n) is 8.81. The highest BCUT2D eigenvalue weighted by Gasteiger charge is 2.08. The Labute approximate surface area is 96.3 Å². The van der Waals surface area contributed by atoms with Crippen LogP contribution in [0.5, 0.6) is 0 Å². The summed E-state index contributed by atoms with van der Waals surface area (Å²) in [4.78, 5) is 4.10. The molecule has 0 aliphatic heterocycles. The second-order valence-corrected chi connectivity index (χ2v) is 3.75. The Balaban J connectivity index is 2.23. The first-order chi connectivity index (χ1) is 8.24. The monoisotopic (exact) mass is 228 g/mol. The first kappa shape index (κ1) is 9.77. The standard InChI is InChI=1S/C12H9FN4/c13-8-3-1-7(2-4-8)11-10-5-9(14)6-15-12(10)17-16-11/h1-6H,14H2,(H,15,16,17). The fraction of sp³-hybridized carbons (Fsp3) is 0. The summed E-state index contributed by atoms with van der Waals surface area (Å²) in [6.07, 6.45) is 1.55. The number of nitrogen functional groups attached to an aromatic ring is 1. The highest BCUT2D eigenvalue weighted by atomic mass is 19.1. The number of H-pyrrole nitrogens is 1. The van der Waals surface area contributed by atoms with E-state index in [0.717, 1.165) is 16.6 Å². The predicted octanol–water partition coefficient (Wildman–Crippen LogP) is 2.35. The van der Waals surface area contributed by atoms with Gasteiger partial charge in [0.1, 0.15) is 5.82 Å². The lowest BCUT2D eigenvalue weighted by Gasteiger charge is -1.99. The number of hydrogen-bond acceptors (Lipinski definition) is 3. The number of aromatic nitrogens is 3. The molecule has 0 aliphatic rings. The van der Waals surface area contributed by atoms with Crippen LogP contribution >= 0.6 is 0 Å². The molecule has 2 heterocycles. The van der Waals surface area contributed by atoms with Gasteiger partial charge in [0.15, 0.2) is 5.65 Å². The van der Waals surface area contributed by atoms with Crippen molar-refractivity contribution < 1.29 is 4.39 Å². The van der Waals surface area contributed by atoms with Crippen molar-refractivity contribution in [2.45, 2.75) is 0 Å². The molecule has 0 amide bonds. The predicted molar refractivity (Wildman–Crippen MR) is 63.7 cm³/mol. The molecule has 1 aromatic carbocycles. The number of rotatable bonds is 1. The van der Waals surface area contributed by atoms with Crippen molar-refractivity contribution in [2.75, 3.05) is 5.73 Å². The van der Waals surface area contributed by atoms with Crippen molar-refractivity contribution in [2.24, 2.45) is 0 Å². The van der Waals surface area contributed by atoms with Crippen molar-refractivity contribution in [3.05, 3.63) is 42.3 Å². The average Bonchev–Trinajstić information content (AvgIpc) is 2.73. The lowest BCUT2D eigenvalue weighted by Crippen LogP contribution is -1.86. The molecule has 0 fully saturated rings. The Kier molecular flexibility index (Phi) is 2.04. The first-order valence-corrected chi connectivity index (χ1v) is 5.09. The van der Waals surface area contributed by atoms with Gasteiger partial charge in [0.25, 0.3) is 0 Å². The Morgan fingerprint density at radius 1 is 1.18 bits per heavy atom. The second-order valence-electron chi connectivity index (χ2n) is 3.75. The van der Waals surface area contributed by atoms with E-state index >= 15 is 0 Å². The maximum absolute atomic E-state index is 12.8. The number of hydrogen-bond donors (Lipinski definition) is 2. The largest absolute Gasteiger partial charge is 0.397 e. The number of nitrogens with one attached hydrogen (secondary N) is 1. The molecule has 0 aliphatic carbocycles. The van der Waals surface area contributed by atoms with E-state index in [2.05, 4.69) is 15.2 Å². The van der Waals surface area contributed by atoms with E-state index in [1.807, 2.05) is 0 Å². The molecule has 4 nitrogen and oxygen atoms in total. The van der Waals surface area contributed by atoms with Crippen molar-refractivity contribution in [1.82, 2.24) is 15.2 Å². The van der Waals surface area contributed by atoms with Crippen LogP contribution in [0, 0.1) is 5.82 Å². The summed E-state index contributed by atoms with van der Waals surface area (Å²) in [5.74, 6) is -0.268. The molecular formula is C12H9FN4. The molecule has 5 heteroatoms. The average molecular weight is 228 g/mol. The molecule has 0 bridgehead atoms. The Morgan fingerprint density at radius 2 is 1.94 bits per heavy atom. The summed E-state index contributed by atoms with van der Waals surface area (Å²) >= 11 is 0. The quantitative estimate of drug-likeness (QED) is 0.671. The normalized spacial score (nSPS) is 10.9. The van der Waals surface area contributed by atoms with E-state index in [9.17, 15) is 4.39 Å². The van der Waals surface area contributed by atoms with Crippen LogP contribution in [0.3, 0.4) is 0 Å². The summed E-state index contributed by atoms with van der Waals surface area (Å²) in [5, 5.41) is 7.79. The van der Waals surface area contributed by atoms with Crippen LogP contribution in [-0.4, -0.2) is 15.2 Å². The summed E-state index contributed by atoms with van der Waals surface area (Å²) in [7, 11) is 0. The van der Waals surface area contributed by atoms with E-state index in [-0.39, 0.29) is 5.82 Å². The van der Waals surface area contributed by atoms with E-state index in [1.54, 1.807) is 24.4 Å². The summed E-state index contributed by atoms with van der Waals surface area (Å²) in [6, 6.07) is 7.98. The minimum Gasteiger partial charge on any atom is -0.397 e. The van der Waals surface area contributed by atoms with Gasteiger partial charge in [-0.15, -0.1) is 0 Å². The number of fused-ring (bicyclic) bond motifs is 1. The Hall–Kier alpha value is -2.43. The molecule has 0 atom stereocenters.